The molecule has 1 aromatic carbocycles. The van der Waals surface area contributed by atoms with Gasteiger partial charge in [0.1, 0.15) is 0 Å². The quantitative estimate of drug-likeness (QED) is 0.759. The van der Waals surface area contributed by atoms with Crippen LogP contribution in [0.5, 0.6) is 0 Å². The molecule has 3 heteroatoms. The number of benzene rings is 1. The van der Waals surface area contributed by atoms with Crippen LogP contribution in [0.4, 0.5) is 0 Å². The molecule has 78 valence electrons. The Labute approximate surface area is 87.3 Å². The molecule has 0 aliphatic heterocycles. The molecule has 0 fully saturated rings. The Morgan fingerprint density at radius 3 is 2.21 bits per heavy atom. The first-order chi connectivity index (χ1) is 6.79. The largest absolute Gasteiger partial charge is 0.352 e. The first kappa shape index (κ1) is 11.6. The minimum absolute atomic E-state index is 0.311. The molecule has 0 aliphatic rings. The van der Waals surface area contributed by atoms with E-state index in [2.05, 4.69) is 13.8 Å². The highest BCUT2D eigenvalue weighted by molar-refractivity contribution is 7.25. The zero-order chi connectivity index (χ0) is 10.4. The van der Waals surface area contributed by atoms with Crippen LogP contribution in [0.25, 0.3) is 0 Å². The molecule has 0 bridgehead atoms. The molecule has 0 saturated carbocycles. The van der Waals surface area contributed by atoms with Crippen molar-refractivity contribution in [3.63, 3.8) is 0 Å². The van der Waals surface area contributed by atoms with Crippen molar-refractivity contribution in [3.8, 4) is 0 Å². The van der Waals surface area contributed by atoms with Crippen molar-refractivity contribution in [2.75, 3.05) is 0 Å². The lowest BCUT2D eigenvalue weighted by Gasteiger charge is -2.31. The maximum Gasteiger partial charge on any atom is 0.153 e. The van der Waals surface area contributed by atoms with Crippen molar-refractivity contribution < 1.29 is 9.42 Å². The Kier molecular flexibility index (Phi) is 4.53. The van der Waals surface area contributed by atoms with E-state index in [1.807, 2.05) is 30.3 Å². The Bertz CT molecular complexity index is 257. The predicted octanol–water partition coefficient (Wildman–Crippen LogP) is 3.22. The van der Waals surface area contributed by atoms with Crippen LogP contribution in [0, 0.1) is 0 Å². The van der Waals surface area contributed by atoms with Gasteiger partial charge in [0.2, 0.25) is 0 Å². The van der Waals surface area contributed by atoms with E-state index < -0.39 is 9.03 Å². The summed E-state index contributed by atoms with van der Waals surface area (Å²) in [5, 5.41) is 0. The highest BCUT2D eigenvalue weighted by Crippen LogP contribution is 2.37. The molecule has 0 radical (unpaired) electrons. The zero-order valence-electron chi connectivity index (χ0n) is 8.66. The van der Waals surface area contributed by atoms with Gasteiger partial charge in [0.25, 0.3) is 0 Å². The van der Waals surface area contributed by atoms with E-state index in [0.717, 1.165) is 18.4 Å². The Balaban J connectivity index is 2.98. The first-order valence-corrected chi connectivity index (χ1v) is 5.77. The van der Waals surface area contributed by atoms with E-state index in [1.165, 1.54) is 0 Å². The fourth-order valence-corrected chi connectivity index (χ4v) is 2.27. The average molecular weight is 212 g/mol. The van der Waals surface area contributed by atoms with Crippen molar-refractivity contribution >= 4 is 9.03 Å². The topological polar surface area (TPSA) is 29.5 Å². The van der Waals surface area contributed by atoms with Crippen molar-refractivity contribution in [2.24, 2.45) is 0 Å². The molecule has 0 aromatic heterocycles. The van der Waals surface area contributed by atoms with Crippen molar-refractivity contribution in [1.29, 1.82) is 0 Å². The van der Waals surface area contributed by atoms with E-state index in [9.17, 15) is 0 Å². The van der Waals surface area contributed by atoms with Crippen LogP contribution >= 0.6 is 9.03 Å². The Hall–Kier alpha value is -0.430. The van der Waals surface area contributed by atoms with Crippen LogP contribution in [0.3, 0.4) is 0 Å². The average Bonchev–Trinajstić information content (AvgIpc) is 2.27. The van der Waals surface area contributed by atoms with E-state index in [0.29, 0.717) is 0 Å². The van der Waals surface area contributed by atoms with Crippen LogP contribution in [-0.2, 0) is 10.1 Å². The highest BCUT2D eigenvalue weighted by Gasteiger charge is 2.28. The second-order valence-corrected chi connectivity index (χ2v) is 3.65. The van der Waals surface area contributed by atoms with E-state index in [4.69, 9.17) is 9.42 Å². The maximum atomic E-state index is 8.93. The lowest BCUT2D eigenvalue weighted by molar-refractivity contribution is 0.0665. The van der Waals surface area contributed by atoms with E-state index >= 15 is 0 Å². The summed E-state index contributed by atoms with van der Waals surface area (Å²) in [4.78, 5) is 8.93. The van der Waals surface area contributed by atoms with Gasteiger partial charge in [0.05, 0.1) is 5.60 Å². The minimum atomic E-state index is -0.452. The van der Waals surface area contributed by atoms with Gasteiger partial charge >= 0.3 is 0 Å². The third-order valence-corrected chi connectivity index (χ3v) is 3.17. The summed E-state index contributed by atoms with van der Waals surface area (Å²) >= 11 is 0. The van der Waals surface area contributed by atoms with Gasteiger partial charge in [-0.2, -0.15) is 0 Å². The summed E-state index contributed by atoms with van der Waals surface area (Å²) in [6.45, 7) is 4.16. The van der Waals surface area contributed by atoms with Crippen LogP contribution in [0.2, 0.25) is 0 Å². The summed E-state index contributed by atoms with van der Waals surface area (Å²) < 4.78 is 5.50. The van der Waals surface area contributed by atoms with E-state index in [1.54, 1.807) is 0 Å². The van der Waals surface area contributed by atoms with Crippen LogP contribution in [-0.4, -0.2) is 4.89 Å². The smallest absolute Gasteiger partial charge is 0.153 e. The van der Waals surface area contributed by atoms with Gasteiger partial charge in [-0.15, -0.1) is 0 Å². The van der Waals surface area contributed by atoms with Crippen LogP contribution in [0.15, 0.2) is 30.3 Å². The lowest BCUT2D eigenvalue weighted by atomic mass is 9.89. The number of rotatable bonds is 5. The molecular weight excluding hydrogens is 195 g/mol. The Morgan fingerprint density at radius 1 is 1.21 bits per heavy atom. The molecule has 1 aromatic rings. The molecule has 1 atom stereocenters. The van der Waals surface area contributed by atoms with Gasteiger partial charge in [0.15, 0.2) is 9.03 Å². The van der Waals surface area contributed by atoms with Gasteiger partial charge in [-0.3, -0.25) is 0 Å². The van der Waals surface area contributed by atoms with Gasteiger partial charge < -0.3 is 9.42 Å². The molecule has 0 amide bonds. The first-order valence-electron chi connectivity index (χ1n) is 4.91. The molecule has 1 N–H and O–H groups in total. The van der Waals surface area contributed by atoms with Crippen molar-refractivity contribution in [2.45, 2.75) is 32.3 Å². The van der Waals surface area contributed by atoms with E-state index in [-0.39, 0.29) is 5.60 Å². The van der Waals surface area contributed by atoms with Crippen molar-refractivity contribution in [1.82, 2.24) is 0 Å². The maximum absolute atomic E-state index is 8.93. The highest BCUT2D eigenvalue weighted by atomic mass is 31.1. The Morgan fingerprint density at radius 2 is 1.79 bits per heavy atom. The fourth-order valence-electron chi connectivity index (χ4n) is 1.69. The van der Waals surface area contributed by atoms with Crippen molar-refractivity contribution in [3.05, 3.63) is 35.9 Å². The standard InChI is InChI=1S/C11H17O2P/c1-3-11(4-2,13-14-12)10-8-6-5-7-9-10/h5-9,12,14H,3-4H2,1-2H3. The summed E-state index contributed by atoms with van der Waals surface area (Å²) in [6.07, 6.45) is 1.75. The zero-order valence-corrected chi connectivity index (χ0v) is 9.66. The lowest BCUT2D eigenvalue weighted by Crippen LogP contribution is -2.25. The third kappa shape index (κ3) is 2.33. The minimum Gasteiger partial charge on any atom is -0.352 e. The summed E-state index contributed by atoms with van der Waals surface area (Å²) in [7, 11) is -0.452. The number of hydrogen-bond donors (Lipinski definition) is 1. The molecule has 0 aliphatic carbocycles. The SMILES string of the molecule is CCC(CC)(OPO)c1ccccc1. The molecule has 1 rings (SSSR count). The van der Waals surface area contributed by atoms with Gasteiger partial charge in [-0.1, -0.05) is 44.2 Å². The molecule has 14 heavy (non-hydrogen) atoms. The molecule has 0 heterocycles. The monoisotopic (exact) mass is 212 g/mol. The molecule has 1 unspecified atom stereocenters. The third-order valence-electron chi connectivity index (χ3n) is 2.68. The van der Waals surface area contributed by atoms with Crippen LogP contribution < -0.4 is 0 Å². The normalized spacial score (nSPS) is 12.5. The second kappa shape index (κ2) is 5.45. The van der Waals surface area contributed by atoms with Gasteiger partial charge in [-0.25, -0.2) is 0 Å². The molecule has 0 spiro atoms. The molecule has 2 nitrogen and oxygen atoms in total. The second-order valence-electron chi connectivity index (χ2n) is 3.26. The summed E-state index contributed by atoms with van der Waals surface area (Å²) in [6, 6.07) is 10.1. The summed E-state index contributed by atoms with van der Waals surface area (Å²) in [5.74, 6) is 0. The number of hydrogen-bond acceptors (Lipinski definition) is 2. The molecular formula is C11H17O2P. The fraction of sp³-hybridized carbons (Fsp3) is 0.455. The predicted molar refractivity (Wildman–Crippen MR) is 60.3 cm³/mol. The van der Waals surface area contributed by atoms with Crippen LogP contribution in [0.1, 0.15) is 32.3 Å². The van der Waals surface area contributed by atoms with Gasteiger partial charge in [0, 0.05) is 0 Å². The van der Waals surface area contributed by atoms with Gasteiger partial charge in [-0.05, 0) is 18.4 Å². The molecule has 0 saturated heterocycles. The summed E-state index contributed by atoms with van der Waals surface area (Å²) in [5.41, 5.74) is 0.834.